The van der Waals surface area contributed by atoms with Gasteiger partial charge < -0.3 is 0 Å². The third kappa shape index (κ3) is 1.68. The minimum Gasteiger partial charge on any atom is -0.276 e. The van der Waals surface area contributed by atoms with Crippen LogP contribution in [0.3, 0.4) is 0 Å². The summed E-state index contributed by atoms with van der Waals surface area (Å²) >= 11 is 8.83. The Bertz CT molecular complexity index is 508. The minimum atomic E-state index is -0.424. The Labute approximate surface area is 94.8 Å². The number of fused-ring (bicyclic) bond motifs is 1. The summed E-state index contributed by atoms with van der Waals surface area (Å²) in [6.07, 6.45) is 0. The number of carbonyl (C=O) groups excluding carboxylic acids is 1. The van der Waals surface area contributed by atoms with Crippen molar-refractivity contribution in [2.24, 2.45) is 0 Å². The number of hydrogen-bond donors (Lipinski definition) is 0. The van der Waals surface area contributed by atoms with Gasteiger partial charge in [0.25, 0.3) is 5.24 Å². The van der Waals surface area contributed by atoms with Gasteiger partial charge in [0.2, 0.25) is 0 Å². The molecule has 0 aliphatic rings. The molecule has 70 valence electrons. The van der Waals surface area contributed by atoms with Crippen LogP contribution >= 0.6 is 27.5 Å². The van der Waals surface area contributed by atoms with Crippen LogP contribution in [0.2, 0.25) is 0 Å². The van der Waals surface area contributed by atoms with Crippen molar-refractivity contribution in [3.63, 3.8) is 0 Å². The number of benzene rings is 2. The van der Waals surface area contributed by atoms with E-state index in [1.165, 1.54) is 0 Å². The Morgan fingerprint density at radius 2 is 2.00 bits per heavy atom. The Morgan fingerprint density at radius 1 is 1.21 bits per heavy atom. The molecule has 1 nitrogen and oxygen atoms in total. The molecule has 2 rings (SSSR count). The van der Waals surface area contributed by atoms with Crippen LogP contribution < -0.4 is 0 Å². The van der Waals surface area contributed by atoms with Crippen LogP contribution in [0.1, 0.15) is 10.4 Å². The predicted molar refractivity (Wildman–Crippen MR) is 61.8 cm³/mol. The molecule has 0 heterocycles. The molecule has 0 aliphatic heterocycles. The summed E-state index contributed by atoms with van der Waals surface area (Å²) in [5.41, 5.74) is 0.525. The van der Waals surface area contributed by atoms with Crippen molar-refractivity contribution in [3.05, 3.63) is 46.4 Å². The zero-order valence-corrected chi connectivity index (χ0v) is 9.47. The second-order valence-electron chi connectivity index (χ2n) is 2.95. The highest BCUT2D eigenvalue weighted by atomic mass is 79.9. The molecule has 0 fully saturated rings. The summed E-state index contributed by atoms with van der Waals surface area (Å²) in [5.74, 6) is 0. The first kappa shape index (κ1) is 9.69. The monoisotopic (exact) mass is 268 g/mol. The Balaban J connectivity index is 2.73. The number of halogens is 2. The normalized spacial score (nSPS) is 10.4. The fourth-order valence-corrected chi connectivity index (χ4v) is 2.00. The number of carbonyl (C=O) groups is 1. The van der Waals surface area contributed by atoms with E-state index in [4.69, 9.17) is 11.6 Å². The van der Waals surface area contributed by atoms with Crippen molar-refractivity contribution in [3.8, 4) is 0 Å². The molecule has 0 aromatic heterocycles. The lowest BCUT2D eigenvalue weighted by molar-refractivity contribution is 0.108. The van der Waals surface area contributed by atoms with E-state index in [0.29, 0.717) is 5.56 Å². The quantitative estimate of drug-likeness (QED) is 0.716. The highest BCUT2D eigenvalue weighted by Gasteiger charge is 2.03. The van der Waals surface area contributed by atoms with Crippen LogP contribution in [0, 0.1) is 0 Å². The van der Waals surface area contributed by atoms with Crippen LogP contribution in [0.5, 0.6) is 0 Å². The summed E-state index contributed by atoms with van der Waals surface area (Å²) < 4.78 is 1.02. The summed E-state index contributed by atoms with van der Waals surface area (Å²) in [7, 11) is 0. The van der Waals surface area contributed by atoms with Crippen LogP contribution in [-0.4, -0.2) is 5.24 Å². The lowest BCUT2D eigenvalue weighted by Crippen LogP contribution is -1.87. The molecule has 0 bridgehead atoms. The van der Waals surface area contributed by atoms with Crippen molar-refractivity contribution in [2.45, 2.75) is 0 Å². The summed E-state index contributed by atoms with van der Waals surface area (Å²) in [6, 6.07) is 11.2. The first-order valence-electron chi connectivity index (χ1n) is 4.06. The van der Waals surface area contributed by atoms with Crippen LogP contribution in [0.15, 0.2) is 40.9 Å². The second kappa shape index (κ2) is 3.71. The topological polar surface area (TPSA) is 17.1 Å². The van der Waals surface area contributed by atoms with Gasteiger partial charge in [-0.25, -0.2) is 0 Å². The largest absolute Gasteiger partial charge is 0.276 e. The van der Waals surface area contributed by atoms with Crippen molar-refractivity contribution in [1.82, 2.24) is 0 Å². The summed E-state index contributed by atoms with van der Waals surface area (Å²) in [5, 5.41) is 1.66. The van der Waals surface area contributed by atoms with Crippen LogP contribution in [0.4, 0.5) is 0 Å². The molecule has 0 amide bonds. The lowest BCUT2D eigenvalue weighted by Gasteiger charge is -2.01. The Morgan fingerprint density at radius 3 is 2.71 bits per heavy atom. The summed E-state index contributed by atoms with van der Waals surface area (Å²) in [4.78, 5) is 10.9. The van der Waals surface area contributed by atoms with E-state index in [9.17, 15) is 4.79 Å². The SMILES string of the molecule is O=C(Cl)c1ccc2c(Br)cccc2c1. The van der Waals surface area contributed by atoms with Gasteiger partial charge in [-0.1, -0.05) is 34.1 Å². The fourth-order valence-electron chi connectivity index (χ4n) is 1.37. The zero-order valence-electron chi connectivity index (χ0n) is 7.13. The van der Waals surface area contributed by atoms with Crippen molar-refractivity contribution >= 4 is 43.5 Å². The van der Waals surface area contributed by atoms with E-state index in [1.54, 1.807) is 12.1 Å². The van der Waals surface area contributed by atoms with E-state index in [-0.39, 0.29) is 0 Å². The van der Waals surface area contributed by atoms with Gasteiger partial charge in [-0.05, 0) is 40.6 Å². The molecule has 0 atom stereocenters. The molecule has 3 heteroatoms. The maximum Gasteiger partial charge on any atom is 0.252 e. The predicted octanol–water partition coefficient (Wildman–Crippen LogP) is 3.98. The third-order valence-corrected chi connectivity index (χ3v) is 2.96. The molecule has 14 heavy (non-hydrogen) atoms. The highest BCUT2D eigenvalue weighted by Crippen LogP contribution is 2.24. The van der Waals surface area contributed by atoms with Gasteiger partial charge in [-0.2, -0.15) is 0 Å². The maximum absolute atomic E-state index is 10.9. The number of rotatable bonds is 1. The molecule has 0 N–H and O–H groups in total. The van der Waals surface area contributed by atoms with E-state index < -0.39 is 5.24 Å². The molecule has 2 aromatic carbocycles. The average Bonchev–Trinajstić information content (AvgIpc) is 2.17. The Hall–Kier alpha value is -0.860. The minimum absolute atomic E-state index is 0.424. The molecule has 0 spiro atoms. The van der Waals surface area contributed by atoms with Gasteiger partial charge in [0.05, 0.1) is 0 Å². The standard InChI is InChI=1S/C11H6BrClO/c12-10-3-1-2-7-6-8(11(13)14)4-5-9(7)10/h1-6H. The van der Waals surface area contributed by atoms with E-state index in [0.717, 1.165) is 15.2 Å². The van der Waals surface area contributed by atoms with Gasteiger partial charge in [0, 0.05) is 10.0 Å². The van der Waals surface area contributed by atoms with Gasteiger partial charge >= 0.3 is 0 Å². The first-order valence-corrected chi connectivity index (χ1v) is 5.24. The van der Waals surface area contributed by atoms with Gasteiger partial charge in [0.1, 0.15) is 0 Å². The van der Waals surface area contributed by atoms with E-state index >= 15 is 0 Å². The molecular weight excluding hydrogens is 263 g/mol. The van der Waals surface area contributed by atoms with E-state index in [1.807, 2.05) is 24.3 Å². The average molecular weight is 270 g/mol. The Kier molecular flexibility index (Phi) is 2.57. The molecule has 0 radical (unpaired) electrons. The smallest absolute Gasteiger partial charge is 0.252 e. The zero-order chi connectivity index (χ0) is 10.1. The lowest BCUT2D eigenvalue weighted by atomic mass is 10.1. The van der Waals surface area contributed by atoms with Crippen molar-refractivity contribution in [2.75, 3.05) is 0 Å². The number of hydrogen-bond acceptors (Lipinski definition) is 1. The van der Waals surface area contributed by atoms with Gasteiger partial charge in [-0.3, -0.25) is 4.79 Å². The van der Waals surface area contributed by atoms with E-state index in [2.05, 4.69) is 15.9 Å². The fraction of sp³-hybridized carbons (Fsp3) is 0. The van der Waals surface area contributed by atoms with Gasteiger partial charge in [0.15, 0.2) is 0 Å². The molecular formula is C11H6BrClO. The summed E-state index contributed by atoms with van der Waals surface area (Å²) in [6.45, 7) is 0. The molecule has 0 aliphatic carbocycles. The highest BCUT2D eigenvalue weighted by molar-refractivity contribution is 9.10. The van der Waals surface area contributed by atoms with Crippen molar-refractivity contribution in [1.29, 1.82) is 0 Å². The van der Waals surface area contributed by atoms with Gasteiger partial charge in [-0.15, -0.1) is 0 Å². The maximum atomic E-state index is 10.9. The molecule has 0 saturated carbocycles. The molecule has 0 saturated heterocycles. The van der Waals surface area contributed by atoms with Crippen LogP contribution in [0.25, 0.3) is 10.8 Å². The molecule has 2 aromatic rings. The third-order valence-electron chi connectivity index (χ3n) is 2.05. The first-order chi connectivity index (χ1) is 6.68. The molecule has 0 unspecified atom stereocenters. The van der Waals surface area contributed by atoms with Crippen molar-refractivity contribution < 1.29 is 4.79 Å². The van der Waals surface area contributed by atoms with Crippen LogP contribution in [-0.2, 0) is 0 Å². The second-order valence-corrected chi connectivity index (χ2v) is 4.15.